The average molecular weight is 375 g/mol. The maximum absolute atomic E-state index is 12.9. The first-order valence-electron chi connectivity index (χ1n) is 6.76. The number of hydrogen-bond acceptors (Lipinski definition) is 4. The first-order valence-corrected chi connectivity index (χ1v) is 7.56. The van der Waals surface area contributed by atoms with Crippen molar-refractivity contribution in [3.05, 3.63) is 76.5 Å². The van der Waals surface area contributed by atoms with E-state index < -0.39 is 0 Å². The monoisotopic (exact) mass is 374 g/mol. The van der Waals surface area contributed by atoms with E-state index in [1.54, 1.807) is 18.3 Å². The standard InChI is InChI=1S/C16H12BrFN4O/c17-14-3-6-16(23-9-12-1-4-15(18)5-2-12)13(7-14)8-21-22-10-19-20-11-22/h1-8,10-11H,9H2/b21-8+. The number of nitrogens with zero attached hydrogens (tertiary/aromatic N) is 4. The topological polar surface area (TPSA) is 52.3 Å². The highest BCUT2D eigenvalue weighted by Crippen LogP contribution is 2.23. The first kappa shape index (κ1) is 15.4. The lowest BCUT2D eigenvalue weighted by Gasteiger charge is -2.09. The van der Waals surface area contributed by atoms with Crippen LogP contribution in [0.5, 0.6) is 5.75 Å². The second-order valence-electron chi connectivity index (χ2n) is 4.68. The molecule has 23 heavy (non-hydrogen) atoms. The number of benzene rings is 2. The van der Waals surface area contributed by atoms with Crippen molar-refractivity contribution in [2.75, 3.05) is 0 Å². The van der Waals surface area contributed by atoms with Gasteiger partial charge in [-0.15, -0.1) is 10.2 Å². The Bertz CT molecular complexity index is 803. The molecule has 7 heteroatoms. The van der Waals surface area contributed by atoms with E-state index in [1.807, 2.05) is 18.2 Å². The van der Waals surface area contributed by atoms with Crippen LogP contribution in [-0.2, 0) is 6.61 Å². The summed E-state index contributed by atoms with van der Waals surface area (Å²) in [5, 5.41) is 11.6. The summed E-state index contributed by atoms with van der Waals surface area (Å²) in [7, 11) is 0. The molecule has 0 saturated carbocycles. The number of aromatic nitrogens is 3. The summed E-state index contributed by atoms with van der Waals surface area (Å²) < 4.78 is 21.1. The van der Waals surface area contributed by atoms with Crippen LogP contribution >= 0.6 is 15.9 Å². The number of halogens is 2. The van der Waals surface area contributed by atoms with E-state index in [2.05, 4.69) is 31.2 Å². The largest absolute Gasteiger partial charge is 0.488 e. The predicted octanol–water partition coefficient (Wildman–Crippen LogP) is 3.64. The van der Waals surface area contributed by atoms with E-state index in [0.717, 1.165) is 15.6 Å². The summed E-state index contributed by atoms with van der Waals surface area (Å²) >= 11 is 3.43. The second kappa shape index (κ2) is 7.15. The third kappa shape index (κ3) is 4.23. The van der Waals surface area contributed by atoms with E-state index in [0.29, 0.717) is 12.4 Å². The van der Waals surface area contributed by atoms with Gasteiger partial charge in [-0.3, -0.25) is 0 Å². The SMILES string of the molecule is Fc1ccc(COc2ccc(Br)cc2/C=N/n2cnnc2)cc1. The lowest BCUT2D eigenvalue weighted by molar-refractivity contribution is 0.305. The number of hydrogen-bond donors (Lipinski definition) is 0. The molecular weight excluding hydrogens is 363 g/mol. The smallest absolute Gasteiger partial charge is 0.141 e. The van der Waals surface area contributed by atoms with E-state index in [1.165, 1.54) is 29.5 Å². The molecule has 3 aromatic rings. The van der Waals surface area contributed by atoms with Crippen molar-refractivity contribution < 1.29 is 9.13 Å². The van der Waals surface area contributed by atoms with Gasteiger partial charge in [-0.05, 0) is 35.9 Å². The highest BCUT2D eigenvalue weighted by atomic mass is 79.9. The van der Waals surface area contributed by atoms with Crippen molar-refractivity contribution in [3.8, 4) is 5.75 Å². The zero-order chi connectivity index (χ0) is 16.1. The fourth-order valence-electron chi connectivity index (χ4n) is 1.88. The fourth-order valence-corrected chi connectivity index (χ4v) is 2.26. The molecule has 0 amide bonds. The lowest BCUT2D eigenvalue weighted by atomic mass is 10.2. The van der Waals surface area contributed by atoms with Gasteiger partial charge in [0.25, 0.3) is 0 Å². The molecule has 0 aliphatic rings. The highest BCUT2D eigenvalue weighted by Gasteiger charge is 2.04. The summed E-state index contributed by atoms with van der Waals surface area (Å²) in [6.07, 6.45) is 4.65. The molecule has 0 spiro atoms. The van der Waals surface area contributed by atoms with Crippen LogP contribution in [0.25, 0.3) is 0 Å². The third-order valence-electron chi connectivity index (χ3n) is 3.02. The second-order valence-corrected chi connectivity index (χ2v) is 5.60. The Morgan fingerprint density at radius 1 is 1.13 bits per heavy atom. The van der Waals surface area contributed by atoms with Crippen molar-refractivity contribution in [2.45, 2.75) is 6.61 Å². The molecular formula is C16H12BrFN4O. The molecule has 5 nitrogen and oxygen atoms in total. The molecule has 0 N–H and O–H groups in total. The molecule has 0 saturated heterocycles. The van der Waals surface area contributed by atoms with Crippen LogP contribution in [-0.4, -0.2) is 21.1 Å². The quantitative estimate of drug-likeness (QED) is 0.640. The van der Waals surface area contributed by atoms with Crippen molar-refractivity contribution in [1.82, 2.24) is 14.9 Å². The maximum Gasteiger partial charge on any atom is 0.141 e. The zero-order valence-electron chi connectivity index (χ0n) is 11.9. The van der Waals surface area contributed by atoms with Crippen LogP contribution < -0.4 is 4.74 Å². The molecule has 116 valence electrons. The molecule has 0 fully saturated rings. The summed E-state index contributed by atoms with van der Waals surface area (Å²) in [5.41, 5.74) is 1.69. The van der Waals surface area contributed by atoms with E-state index in [-0.39, 0.29) is 5.82 Å². The Kier molecular flexibility index (Phi) is 4.77. The van der Waals surface area contributed by atoms with Crippen LogP contribution in [0.15, 0.2) is 64.7 Å². The minimum absolute atomic E-state index is 0.265. The molecule has 0 aliphatic heterocycles. The van der Waals surface area contributed by atoms with Gasteiger partial charge in [-0.1, -0.05) is 28.1 Å². The normalized spacial score (nSPS) is 11.0. The van der Waals surface area contributed by atoms with Crippen molar-refractivity contribution in [1.29, 1.82) is 0 Å². The molecule has 0 unspecified atom stereocenters. The van der Waals surface area contributed by atoms with Gasteiger partial charge in [0.2, 0.25) is 0 Å². The molecule has 3 rings (SSSR count). The number of ether oxygens (including phenoxy) is 1. The Balaban J connectivity index is 1.77. The minimum atomic E-state index is -0.265. The molecule has 0 aliphatic carbocycles. The molecule has 1 heterocycles. The predicted molar refractivity (Wildman–Crippen MR) is 87.9 cm³/mol. The van der Waals surface area contributed by atoms with Crippen LogP contribution in [0, 0.1) is 5.82 Å². The van der Waals surface area contributed by atoms with E-state index in [9.17, 15) is 4.39 Å². The van der Waals surface area contributed by atoms with Gasteiger partial charge in [-0.25, -0.2) is 9.07 Å². The van der Waals surface area contributed by atoms with Crippen LogP contribution in [0.2, 0.25) is 0 Å². The fraction of sp³-hybridized carbons (Fsp3) is 0.0625. The Morgan fingerprint density at radius 2 is 1.87 bits per heavy atom. The van der Waals surface area contributed by atoms with Gasteiger partial charge < -0.3 is 4.74 Å². The molecule has 0 bridgehead atoms. The third-order valence-corrected chi connectivity index (χ3v) is 3.51. The number of rotatable bonds is 5. The van der Waals surface area contributed by atoms with Crippen molar-refractivity contribution >= 4 is 22.1 Å². The Labute approximate surface area is 140 Å². The zero-order valence-corrected chi connectivity index (χ0v) is 13.5. The van der Waals surface area contributed by atoms with E-state index >= 15 is 0 Å². The molecule has 0 radical (unpaired) electrons. The summed E-state index contributed by atoms with van der Waals surface area (Å²) in [6.45, 7) is 0.343. The van der Waals surface area contributed by atoms with E-state index in [4.69, 9.17) is 4.74 Å². The van der Waals surface area contributed by atoms with Crippen molar-refractivity contribution in [2.24, 2.45) is 5.10 Å². The highest BCUT2D eigenvalue weighted by molar-refractivity contribution is 9.10. The minimum Gasteiger partial charge on any atom is -0.488 e. The summed E-state index contributed by atoms with van der Waals surface area (Å²) in [6, 6.07) is 11.8. The summed E-state index contributed by atoms with van der Waals surface area (Å²) in [4.78, 5) is 0. The van der Waals surface area contributed by atoms with Crippen LogP contribution in [0.4, 0.5) is 4.39 Å². The Hall–Kier alpha value is -2.54. The van der Waals surface area contributed by atoms with Gasteiger partial charge >= 0.3 is 0 Å². The van der Waals surface area contributed by atoms with Gasteiger partial charge in [0.1, 0.15) is 30.8 Å². The van der Waals surface area contributed by atoms with Gasteiger partial charge in [0.05, 0.1) is 6.21 Å². The van der Waals surface area contributed by atoms with Crippen molar-refractivity contribution in [3.63, 3.8) is 0 Å². The van der Waals surface area contributed by atoms with Gasteiger partial charge in [0, 0.05) is 10.0 Å². The first-order chi connectivity index (χ1) is 11.2. The molecule has 0 atom stereocenters. The van der Waals surface area contributed by atoms with Gasteiger partial charge in [0.15, 0.2) is 0 Å². The molecule has 1 aromatic heterocycles. The van der Waals surface area contributed by atoms with Crippen LogP contribution in [0.1, 0.15) is 11.1 Å². The van der Waals surface area contributed by atoms with Crippen LogP contribution in [0.3, 0.4) is 0 Å². The van der Waals surface area contributed by atoms with Gasteiger partial charge in [-0.2, -0.15) is 5.10 Å². The maximum atomic E-state index is 12.9. The molecule has 2 aromatic carbocycles. The Morgan fingerprint density at radius 3 is 2.61 bits per heavy atom. The average Bonchev–Trinajstić information content (AvgIpc) is 3.07. The lowest BCUT2D eigenvalue weighted by Crippen LogP contribution is -1.99. The summed E-state index contributed by atoms with van der Waals surface area (Å²) in [5.74, 6) is 0.411.